The van der Waals surface area contributed by atoms with Gasteiger partial charge in [0.25, 0.3) is 0 Å². The molecule has 17 heavy (non-hydrogen) atoms. The first-order chi connectivity index (χ1) is 8.06. The van der Waals surface area contributed by atoms with E-state index in [2.05, 4.69) is 23.0 Å². The van der Waals surface area contributed by atoms with Crippen LogP contribution in [0.15, 0.2) is 6.07 Å². The fourth-order valence-electron chi connectivity index (χ4n) is 2.32. The first kappa shape index (κ1) is 12.1. The Morgan fingerprint density at radius 3 is 2.65 bits per heavy atom. The number of likely N-dealkylation sites (tertiary alicyclic amines) is 1. The molecule has 0 atom stereocenters. The minimum absolute atomic E-state index is 0.0664. The van der Waals surface area contributed by atoms with Gasteiger partial charge >= 0.3 is 0 Å². The lowest BCUT2D eigenvalue weighted by Gasteiger charge is -2.29. The molecule has 1 fully saturated rings. The van der Waals surface area contributed by atoms with E-state index in [9.17, 15) is 4.79 Å². The van der Waals surface area contributed by atoms with Crippen LogP contribution in [0.2, 0.25) is 0 Å². The van der Waals surface area contributed by atoms with E-state index >= 15 is 0 Å². The third-order valence-corrected chi connectivity index (χ3v) is 3.54. The summed E-state index contributed by atoms with van der Waals surface area (Å²) in [5.74, 6) is -0.0879. The van der Waals surface area contributed by atoms with Gasteiger partial charge < -0.3 is 5.73 Å². The van der Waals surface area contributed by atoms with Crippen molar-refractivity contribution >= 4 is 5.91 Å². The van der Waals surface area contributed by atoms with Gasteiger partial charge in [-0.1, -0.05) is 0 Å². The summed E-state index contributed by atoms with van der Waals surface area (Å²) in [7, 11) is 1.96. The maximum Gasteiger partial charge on any atom is 0.220 e. The number of aryl methyl sites for hydroxylation is 2. The van der Waals surface area contributed by atoms with Crippen LogP contribution >= 0.6 is 0 Å². The van der Waals surface area contributed by atoms with Crippen LogP contribution in [0.5, 0.6) is 0 Å². The standard InChI is InChI=1S/C12H20N4O/c1-9-7-11(14-15(9)2)8-16-5-3-10(4-6-16)12(13)17/h7,10H,3-6,8H2,1-2H3,(H2,13,17). The zero-order valence-electron chi connectivity index (χ0n) is 10.5. The lowest BCUT2D eigenvalue weighted by atomic mass is 9.96. The van der Waals surface area contributed by atoms with E-state index in [-0.39, 0.29) is 11.8 Å². The molecule has 0 saturated carbocycles. The first-order valence-electron chi connectivity index (χ1n) is 6.07. The van der Waals surface area contributed by atoms with Crippen LogP contribution in [0, 0.1) is 12.8 Å². The quantitative estimate of drug-likeness (QED) is 0.827. The number of amides is 1. The van der Waals surface area contributed by atoms with Gasteiger partial charge in [0.05, 0.1) is 5.69 Å². The van der Waals surface area contributed by atoms with Crippen LogP contribution in [0.25, 0.3) is 0 Å². The Labute approximate surface area is 102 Å². The Bertz CT molecular complexity index is 385. The molecule has 2 rings (SSSR count). The molecule has 1 aliphatic heterocycles. The second kappa shape index (κ2) is 4.87. The number of aromatic nitrogens is 2. The van der Waals surface area contributed by atoms with Gasteiger partial charge in [-0.05, 0) is 38.9 Å². The zero-order valence-corrected chi connectivity index (χ0v) is 10.5. The van der Waals surface area contributed by atoms with Gasteiger partial charge in [0.1, 0.15) is 0 Å². The van der Waals surface area contributed by atoms with Crippen molar-refractivity contribution in [2.45, 2.75) is 26.3 Å². The number of nitrogens with two attached hydrogens (primary N) is 1. The Balaban J connectivity index is 1.88. The molecule has 5 heteroatoms. The fourth-order valence-corrected chi connectivity index (χ4v) is 2.32. The van der Waals surface area contributed by atoms with Crippen molar-refractivity contribution in [3.8, 4) is 0 Å². The summed E-state index contributed by atoms with van der Waals surface area (Å²) < 4.78 is 1.89. The van der Waals surface area contributed by atoms with E-state index in [0.29, 0.717) is 0 Å². The van der Waals surface area contributed by atoms with Crippen molar-refractivity contribution in [1.82, 2.24) is 14.7 Å². The molecule has 0 spiro atoms. The van der Waals surface area contributed by atoms with E-state index in [0.717, 1.165) is 38.2 Å². The number of hydrogen-bond acceptors (Lipinski definition) is 3. The van der Waals surface area contributed by atoms with Crippen molar-refractivity contribution in [2.24, 2.45) is 18.7 Å². The van der Waals surface area contributed by atoms with E-state index < -0.39 is 0 Å². The summed E-state index contributed by atoms with van der Waals surface area (Å²) in [4.78, 5) is 13.4. The Kier molecular flexibility index (Phi) is 3.47. The summed E-state index contributed by atoms with van der Waals surface area (Å²) in [5.41, 5.74) is 7.59. The van der Waals surface area contributed by atoms with Crippen LogP contribution in [0.3, 0.4) is 0 Å². The number of primary amides is 1. The van der Waals surface area contributed by atoms with Crippen molar-refractivity contribution in [3.05, 3.63) is 17.5 Å². The molecule has 0 radical (unpaired) electrons. The van der Waals surface area contributed by atoms with Gasteiger partial charge in [-0.3, -0.25) is 14.4 Å². The van der Waals surface area contributed by atoms with E-state index in [1.54, 1.807) is 0 Å². The molecular weight excluding hydrogens is 216 g/mol. The topological polar surface area (TPSA) is 64.2 Å². The fraction of sp³-hybridized carbons (Fsp3) is 0.667. The van der Waals surface area contributed by atoms with Crippen LogP contribution in [0.4, 0.5) is 0 Å². The molecule has 2 N–H and O–H groups in total. The molecule has 1 aliphatic rings. The monoisotopic (exact) mass is 236 g/mol. The van der Waals surface area contributed by atoms with Gasteiger partial charge in [0.15, 0.2) is 0 Å². The summed E-state index contributed by atoms with van der Waals surface area (Å²) in [6.07, 6.45) is 1.75. The van der Waals surface area contributed by atoms with Crippen molar-refractivity contribution in [1.29, 1.82) is 0 Å². The minimum atomic E-state index is -0.154. The highest BCUT2D eigenvalue weighted by molar-refractivity contribution is 5.76. The molecule has 1 aromatic heterocycles. The number of carbonyl (C=O) groups excluding carboxylic acids is 1. The van der Waals surface area contributed by atoms with Gasteiger partial charge in [0, 0.05) is 25.2 Å². The number of carbonyl (C=O) groups is 1. The maximum atomic E-state index is 11.1. The maximum absolute atomic E-state index is 11.1. The summed E-state index contributed by atoms with van der Waals surface area (Å²) in [5, 5.41) is 4.44. The zero-order chi connectivity index (χ0) is 12.4. The van der Waals surface area contributed by atoms with Gasteiger partial charge in [-0.15, -0.1) is 0 Å². The number of piperidine rings is 1. The minimum Gasteiger partial charge on any atom is -0.369 e. The third-order valence-electron chi connectivity index (χ3n) is 3.54. The highest BCUT2D eigenvalue weighted by Crippen LogP contribution is 2.18. The summed E-state index contributed by atoms with van der Waals surface area (Å²) in [6, 6.07) is 2.11. The van der Waals surface area contributed by atoms with Crippen molar-refractivity contribution < 1.29 is 4.79 Å². The Morgan fingerprint density at radius 2 is 2.18 bits per heavy atom. The molecular formula is C12H20N4O. The molecule has 0 aliphatic carbocycles. The molecule has 0 aromatic carbocycles. The first-order valence-corrected chi connectivity index (χ1v) is 6.07. The van der Waals surface area contributed by atoms with Crippen LogP contribution in [0.1, 0.15) is 24.2 Å². The van der Waals surface area contributed by atoms with E-state index in [4.69, 9.17) is 5.73 Å². The van der Waals surface area contributed by atoms with Gasteiger partial charge in [0.2, 0.25) is 5.91 Å². The Morgan fingerprint density at radius 1 is 1.53 bits per heavy atom. The van der Waals surface area contributed by atoms with Gasteiger partial charge in [-0.25, -0.2) is 0 Å². The average molecular weight is 236 g/mol. The lowest BCUT2D eigenvalue weighted by Crippen LogP contribution is -2.38. The van der Waals surface area contributed by atoms with Crippen LogP contribution < -0.4 is 5.73 Å². The smallest absolute Gasteiger partial charge is 0.220 e. The predicted octanol–water partition coefficient (Wildman–Crippen LogP) is 0.426. The molecule has 0 bridgehead atoms. The number of hydrogen-bond donors (Lipinski definition) is 1. The van der Waals surface area contributed by atoms with Crippen LogP contribution in [-0.2, 0) is 18.4 Å². The predicted molar refractivity (Wildman–Crippen MR) is 65.1 cm³/mol. The molecule has 0 unspecified atom stereocenters. The normalized spacial score (nSPS) is 18.5. The lowest BCUT2D eigenvalue weighted by molar-refractivity contribution is -0.123. The molecule has 1 amide bonds. The molecule has 5 nitrogen and oxygen atoms in total. The highest BCUT2D eigenvalue weighted by Gasteiger charge is 2.23. The summed E-state index contributed by atoms with van der Waals surface area (Å²) in [6.45, 7) is 4.79. The van der Waals surface area contributed by atoms with E-state index in [1.165, 1.54) is 5.69 Å². The molecule has 94 valence electrons. The Hall–Kier alpha value is -1.36. The largest absolute Gasteiger partial charge is 0.369 e. The third kappa shape index (κ3) is 2.85. The number of nitrogens with zero attached hydrogens (tertiary/aromatic N) is 3. The van der Waals surface area contributed by atoms with Crippen LogP contribution in [-0.4, -0.2) is 33.7 Å². The molecule has 1 aromatic rings. The summed E-state index contributed by atoms with van der Waals surface area (Å²) >= 11 is 0. The second-order valence-electron chi connectivity index (χ2n) is 4.85. The van der Waals surface area contributed by atoms with Crippen molar-refractivity contribution in [3.63, 3.8) is 0 Å². The highest BCUT2D eigenvalue weighted by atomic mass is 16.1. The van der Waals surface area contributed by atoms with Gasteiger partial charge in [-0.2, -0.15) is 5.10 Å². The average Bonchev–Trinajstić information content (AvgIpc) is 2.58. The second-order valence-corrected chi connectivity index (χ2v) is 4.85. The molecule has 2 heterocycles. The van der Waals surface area contributed by atoms with E-state index in [1.807, 2.05) is 11.7 Å². The molecule has 1 saturated heterocycles. The van der Waals surface area contributed by atoms with Crippen molar-refractivity contribution in [2.75, 3.05) is 13.1 Å². The SMILES string of the molecule is Cc1cc(CN2CCC(C(N)=O)CC2)nn1C. The number of rotatable bonds is 3.